The summed E-state index contributed by atoms with van der Waals surface area (Å²) in [6.45, 7) is 2.62. The van der Waals surface area contributed by atoms with Gasteiger partial charge in [-0.15, -0.1) is 11.3 Å². The van der Waals surface area contributed by atoms with Crippen LogP contribution in [0.15, 0.2) is 35.7 Å². The normalized spacial score (nSPS) is 21.8. The van der Waals surface area contributed by atoms with E-state index in [9.17, 15) is 4.79 Å². The van der Waals surface area contributed by atoms with E-state index in [-0.39, 0.29) is 0 Å². The minimum absolute atomic E-state index is 0.335. The molecule has 0 bridgehead atoms. The molecule has 3 aliphatic rings. The molecule has 0 spiro atoms. The first-order chi connectivity index (χ1) is 13.3. The quantitative estimate of drug-likeness (QED) is 0.759. The maximum Gasteiger partial charge on any atom is 0.224 e. The van der Waals surface area contributed by atoms with Crippen molar-refractivity contribution in [3.8, 4) is 0 Å². The topological polar surface area (TPSA) is 23.6 Å². The number of rotatable bonds is 5. The number of carbonyl (C=O) groups is 1. The Morgan fingerprint density at radius 3 is 2.89 bits per heavy atom. The summed E-state index contributed by atoms with van der Waals surface area (Å²) >= 11 is 1.84. The molecule has 2 aliphatic carbocycles. The molecular formula is C23H28N2OS. The van der Waals surface area contributed by atoms with Crippen molar-refractivity contribution in [1.82, 2.24) is 9.80 Å². The maximum atomic E-state index is 12.9. The van der Waals surface area contributed by atoms with Crippen molar-refractivity contribution < 1.29 is 4.79 Å². The van der Waals surface area contributed by atoms with Crippen molar-refractivity contribution in [2.75, 3.05) is 13.1 Å². The highest BCUT2D eigenvalue weighted by Crippen LogP contribution is 2.40. The van der Waals surface area contributed by atoms with Gasteiger partial charge in [0.15, 0.2) is 0 Å². The summed E-state index contributed by atoms with van der Waals surface area (Å²) in [6, 6.07) is 12.4. The Hall–Kier alpha value is -1.65. The van der Waals surface area contributed by atoms with E-state index >= 15 is 0 Å². The molecule has 1 unspecified atom stereocenters. The van der Waals surface area contributed by atoms with Crippen LogP contribution in [0.4, 0.5) is 0 Å². The zero-order valence-corrected chi connectivity index (χ0v) is 16.7. The number of aryl methyl sites for hydroxylation is 1. The molecule has 1 aromatic heterocycles. The average Bonchev–Trinajstić information content (AvgIpc) is 3.44. The summed E-state index contributed by atoms with van der Waals surface area (Å²) in [5, 5.41) is 2.16. The van der Waals surface area contributed by atoms with Crippen LogP contribution in [0.2, 0.25) is 0 Å². The summed E-state index contributed by atoms with van der Waals surface area (Å²) in [4.78, 5) is 19.1. The van der Waals surface area contributed by atoms with Crippen molar-refractivity contribution in [3.63, 3.8) is 0 Å². The molecule has 1 aromatic carbocycles. The Kier molecular flexibility index (Phi) is 4.78. The smallest absolute Gasteiger partial charge is 0.224 e. The van der Waals surface area contributed by atoms with Crippen LogP contribution in [0.25, 0.3) is 0 Å². The van der Waals surface area contributed by atoms with Crippen LogP contribution in [-0.4, -0.2) is 34.8 Å². The fraction of sp³-hybridized carbons (Fsp3) is 0.522. The highest BCUT2D eigenvalue weighted by Gasteiger charge is 2.36. The second-order valence-corrected chi connectivity index (χ2v) is 9.26. The van der Waals surface area contributed by atoms with Crippen LogP contribution in [0.1, 0.15) is 59.7 Å². The summed E-state index contributed by atoms with van der Waals surface area (Å²) < 4.78 is 0. The van der Waals surface area contributed by atoms with Gasteiger partial charge in [0.25, 0.3) is 0 Å². The fourth-order valence-corrected chi connectivity index (χ4v) is 5.81. The SMILES string of the molecule is O=C(CCN(C1CC1)C1CCCc2ccccc21)N1CCc2sccc2C1. The van der Waals surface area contributed by atoms with E-state index in [2.05, 4.69) is 45.5 Å². The third kappa shape index (κ3) is 3.57. The summed E-state index contributed by atoms with van der Waals surface area (Å²) in [5.41, 5.74) is 4.40. The van der Waals surface area contributed by atoms with Crippen LogP contribution in [-0.2, 0) is 24.2 Å². The second-order valence-electron chi connectivity index (χ2n) is 8.26. The van der Waals surface area contributed by atoms with Gasteiger partial charge in [-0.3, -0.25) is 9.69 Å². The van der Waals surface area contributed by atoms with Gasteiger partial charge in [-0.1, -0.05) is 24.3 Å². The molecule has 1 aliphatic heterocycles. The van der Waals surface area contributed by atoms with Crippen LogP contribution >= 0.6 is 11.3 Å². The maximum absolute atomic E-state index is 12.9. The lowest BCUT2D eigenvalue weighted by atomic mass is 9.86. The van der Waals surface area contributed by atoms with Gasteiger partial charge in [-0.25, -0.2) is 0 Å². The molecule has 3 nitrogen and oxygen atoms in total. The largest absolute Gasteiger partial charge is 0.338 e. The zero-order chi connectivity index (χ0) is 18.2. The Morgan fingerprint density at radius 1 is 1.11 bits per heavy atom. The summed E-state index contributed by atoms with van der Waals surface area (Å²) in [5.74, 6) is 0.335. The number of fused-ring (bicyclic) bond motifs is 2. The molecule has 0 N–H and O–H groups in total. The van der Waals surface area contributed by atoms with E-state index in [1.54, 1.807) is 0 Å². The fourth-order valence-electron chi connectivity index (χ4n) is 4.92. The van der Waals surface area contributed by atoms with Crippen molar-refractivity contribution >= 4 is 17.2 Å². The first kappa shape index (κ1) is 17.4. The number of hydrogen-bond acceptors (Lipinski definition) is 3. The van der Waals surface area contributed by atoms with Crippen LogP contribution in [0.5, 0.6) is 0 Å². The third-order valence-corrected chi connectivity index (χ3v) is 7.52. The van der Waals surface area contributed by atoms with E-state index in [1.165, 1.54) is 53.7 Å². The number of amides is 1. The number of carbonyl (C=O) groups excluding carboxylic acids is 1. The van der Waals surface area contributed by atoms with E-state index in [0.29, 0.717) is 24.4 Å². The van der Waals surface area contributed by atoms with E-state index in [4.69, 9.17) is 0 Å². The summed E-state index contributed by atoms with van der Waals surface area (Å²) in [7, 11) is 0. The van der Waals surface area contributed by atoms with E-state index in [1.807, 2.05) is 11.3 Å². The lowest BCUT2D eigenvalue weighted by Gasteiger charge is -2.36. The van der Waals surface area contributed by atoms with E-state index < -0.39 is 0 Å². The molecule has 1 saturated carbocycles. The predicted octanol–water partition coefficient (Wildman–Crippen LogP) is 4.56. The molecule has 2 heterocycles. The minimum atomic E-state index is 0.335. The molecule has 0 saturated heterocycles. The van der Waals surface area contributed by atoms with E-state index in [0.717, 1.165) is 26.1 Å². The Balaban J connectivity index is 1.26. The summed E-state index contributed by atoms with van der Waals surface area (Å²) in [6.07, 6.45) is 8.01. The van der Waals surface area contributed by atoms with Gasteiger partial charge < -0.3 is 4.90 Å². The Morgan fingerprint density at radius 2 is 2.00 bits per heavy atom. The van der Waals surface area contributed by atoms with Crippen LogP contribution < -0.4 is 0 Å². The van der Waals surface area contributed by atoms with Gasteiger partial charge in [-0.2, -0.15) is 0 Å². The molecule has 1 amide bonds. The van der Waals surface area contributed by atoms with Crippen molar-refractivity contribution in [1.29, 1.82) is 0 Å². The van der Waals surface area contributed by atoms with Gasteiger partial charge in [0.2, 0.25) is 5.91 Å². The first-order valence-corrected chi connectivity index (χ1v) is 11.3. The lowest BCUT2D eigenvalue weighted by Crippen LogP contribution is -2.39. The van der Waals surface area contributed by atoms with Crippen molar-refractivity contribution in [2.24, 2.45) is 0 Å². The molecule has 4 heteroatoms. The molecule has 142 valence electrons. The highest BCUT2D eigenvalue weighted by molar-refractivity contribution is 7.10. The van der Waals surface area contributed by atoms with Gasteiger partial charge in [-0.05, 0) is 66.7 Å². The lowest BCUT2D eigenvalue weighted by molar-refractivity contribution is -0.132. The third-order valence-electron chi connectivity index (χ3n) is 6.50. The van der Waals surface area contributed by atoms with Crippen LogP contribution in [0, 0.1) is 0 Å². The van der Waals surface area contributed by atoms with Crippen molar-refractivity contribution in [2.45, 2.75) is 63.6 Å². The monoisotopic (exact) mass is 380 g/mol. The number of hydrogen-bond donors (Lipinski definition) is 0. The molecule has 1 fully saturated rings. The van der Waals surface area contributed by atoms with Gasteiger partial charge in [0.05, 0.1) is 0 Å². The van der Waals surface area contributed by atoms with Gasteiger partial charge in [0, 0.05) is 43.0 Å². The first-order valence-electron chi connectivity index (χ1n) is 10.5. The molecule has 0 radical (unpaired) electrons. The van der Waals surface area contributed by atoms with Gasteiger partial charge >= 0.3 is 0 Å². The predicted molar refractivity (Wildman–Crippen MR) is 110 cm³/mol. The minimum Gasteiger partial charge on any atom is -0.338 e. The Labute approximate surface area is 166 Å². The number of benzene rings is 1. The average molecular weight is 381 g/mol. The second kappa shape index (κ2) is 7.40. The Bertz CT molecular complexity index is 825. The molecule has 5 rings (SSSR count). The number of thiophene rings is 1. The van der Waals surface area contributed by atoms with Crippen molar-refractivity contribution in [3.05, 3.63) is 57.3 Å². The van der Waals surface area contributed by atoms with Crippen LogP contribution in [0.3, 0.4) is 0 Å². The molecule has 27 heavy (non-hydrogen) atoms. The molecule has 1 atom stereocenters. The highest BCUT2D eigenvalue weighted by atomic mass is 32.1. The van der Waals surface area contributed by atoms with Gasteiger partial charge in [0.1, 0.15) is 0 Å². The zero-order valence-electron chi connectivity index (χ0n) is 15.9. The molecular weight excluding hydrogens is 352 g/mol. The number of nitrogens with zero attached hydrogens (tertiary/aromatic N) is 2. The standard InChI is InChI=1S/C23H28N2OS/c26-23(24-13-10-22-18(16-24)12-15-27-22)11-14-25(19-8-9-19)21-7-3-5-17-4-1-2-6-20(17)21/h1-2,4,6,12,15,19,21H,3,5,7-11,13-14,16H2. The molecule has 2 aromatic rings.